The first-order valence-corrected chi connectivity index (χ1v) is 6.26. The number of rotatable bonds is 4. The van der Waals surface area contributed by atoms with Gasteiger partial charge in [0, 0.05) is 13.0 Å². The molecule has 1 amide bonds. The maximum absolute atomic E-state index is 11.8. The van der Waals surface area contributed by atoms with E-state index in [2.05, 4.69) is 17.6 Å². The molecule has 86 valence electrons. The van der Waals surface area contributed by atoms with Gasteiger partial charge in [0.1, 0.15) is 0 Å². The second-order valence-corrected chi connectivity index (χ2v) is 5.11. The Morgan fingerprint density at radius 2 is 2.33 bits per heavy atom. The van der Waals surface area contributed by atoms with E-state index in [0.29, 0.717) is 5.92 Å². The molecule has 2 N–H and O–H groups in total. The predicted molar refractivity (Wildman–Crippen MR) is 60.6 cm³/mol. The highest BCUT2D eigenvalue weighted by Gasteiger charge is 2.33. The van der Waals surface area contributed by atoms with Gasteiger partial charge < -0.3 is 10.6 Å². The van der Waals surface area contributed by atoms with Gasteiger partial charge >= 0.3 is 0 Å². The summed E-state index contributed by atoms with van der Waals surface area (Å²) in [7, 11) is 0. The Morgan fingerprint density at radius 1 is 1.53 bits per heavy atom. The molecule has 15 heavy (non-hydrogen) atoms. The molecule has 0 spiro atoms. The van der Waals surface area contributed by atoms with Crippen LogP contribution in [-0.4, -0.2) is 24.5 Å². The summed E-state index contributed by atoms with van der Waals surface area (Å²) in [4.78, 5) is 11.8. The van der Waals surface area contributed by atoms with Crippen molar-refractivity contribution in [1.82, 2.24) is 10.6 Å². The highest BCUT2D eigenvalue weighted by atomic mass is 16.1. The van der Waals surface area contributed by atoms with Crippen molar-refractivity contribution >= 4 is 5.91 Å². The SMILES string of the molecule is CCC1(NC(=O)CC2CC2)CCCNC1. The van der Waals surface area contributed by atoms with E-state index in [1.54, 1.807) is 0 Å². The second kappa shape index (κ2) is 4.52. The number of nitrogens with one attached hydrogen (secondary N) is 2. The summed E-state index contributed by atoms with van der Waals surface area (Å²) in [5.74, 6) is 0.957. The van der Waals surface area contributed by atoms with Gasteiger partial charge in [-0.2, -0.15) is 0 Å². The number of piperidine rings is 1. The minimum Gasteiger partial charge on any atom is -0.349 e. The van der Waals surface area contributed by atoms with Gasteiger partial charge in [-0.15, -0.1) is 0 Å². The van der Waals surface area contributed by atoms with Crippen LogP contribution in [0.25, 0.3) is 0 Å². The summed E-state index contributed by atoms with van der Waals surface area (Å²) < 4.78 is 0. The van der Waals surface area contributed by atoms with E-state index < -0.39 is 0 Å². The summed E-state index contributed by atoms with van der Waals surface area (Å²) in [6.07, 6.45) is 6.61. The zero-order chi connectivity index (χ0) is 10.7. The van der Waals surface area contributed by atoms with Crippen LogP contribution >= 0.6 is 0 Å². The maximum atomic E-state index is 11.8. The molecule has 0 aromatic heterocycles. The standard InChI is InChI=1S/C12H22N2O/c1-2-12(6-3-7-13-9-12)14-11(15)8-10-4-5-10/h10,13H,2-9H2,1H3,(H,14,15). The summed E-state index contributed by atoms with van der Waals surface area (Å²) in [6, 6.07) is 0. The van der Waals surface area contributed by atoms with Crippen molar-refractivity contribution in [2.45, 2.75) is 51.0 Å². The minimum absolute atomic E-state index is 0.0459. The number of hydrogen-bond donors (Lipinski definition) is 2. The normalized spacial score (nSPS) is 31.3. The first-order chi connectivity index (χ1) is 7.24. The first-order valence-electron chi connectivity index (χ1n) is 6.26. The van der Waals surface area contributed by atoms with Gasteiger partial charge in [-0.05, 0) is 44.6 Å². The number of hydrogen-bond acceptors (Lipinski definition) is 2. The van der Waals surface area contributed by atoms with Crippen LogP contribution in [0.5, 0.6) is 0 Å². The average molecular weight is 210 g/mol. The van der Waals surface area contributed by atoms with Gasteiger partial charge in [-0.3, -0.25) is 4.79 Å². The number of carbonyl (C=O) groups is 1. The van der Waals surface area contributed by atoms with Crippen LogP contribution in [0.15, 0.2) is 0 Å². The van der Waals surface area contributed by atoms with Crippen molar-refractivity contribution in [2.75, 3.05) is 13.1 Å². The van der Waals surface area contributed by atoms with E-state index in [9.17, 15) is 4.79 Å². The van der Waals surface area contributed by atoms with Crippen LogP contribution in [0.2, 0.25) is 0 Å². The van der Waals surface area contributed by atoms with E-state index >= 15 is 0 Å². The highest BCUT2D eigenvalue weighted by Crippen LogP contribution is 2.32. The zero-order valence-electron chi connectivity index (χ0n) is 9.64. The van der Waals surface area contributed by atoms with Crippen molar-refractivity contribution < 1.29 is 4.79 Å². The fourth-order valence-corrected chi connectivity index (χ4v) is 2.40. The Bertz CT molecular complexity index is 230. The molecule has 1 heterocycles. The molecule has 1 unspecified atom stereocenters. The molecule has 1 saturated heterocycles. The molecule has 0 aromatic rings. The van der Waals surface area contributed by atoms with Gasteiger partial charge in [-0.1, -0.05) is 6.92 Å². The molecule has 1 atom stereocenters. The lowest BCUT2D eigenvalue weighted by Gasteiger charge is -2.37. The molecule has 3 nitrogen and oxygen atoms in total. The number of carbonyl (C=O) groups excluding carboxylic acids is 1. The third-order valence-corrected chi connectivity index (χ3v) is 3.72. The van der Waals surface area contributed by atoms with Crippen molar-refractivity contribution in [3.8, 4) is 0 Å². The van der Waals surface area contributed by atoms with Crippen molar-refractivity contribution in [3.63, 3.8) is 0 Å². The predicted octanol–water partition coefficient (Wildman–Crippen LogP) is 1.43. The lowest BCUT2D eigenvalue weighted by atomic mass is 9.87. The molecule has 2 aliphatic rings. The molecule has 1 aliphatic heterocycles. The lowest BCUT2D eigenvalue weighted by Crippen LogP contribution is -2.57. The van der Waals surface area contributed by atoms with E-state index in [-0.39, 0.29) is 11.4 Å². The fraction of sp³-hybridized carbons (Fsp3) is 0.917. The van der Waals surface area contributed by atoms with Gasteiger partial charge in [0.25, 0.3) is 0 Å². The highest BCUT2D eigenvalue weighted by molar-refractivity contribution is 5.77. The van der Waals surface area contributed by atoms with Crippen LogP contribution in [-0.2, 0) is 4.79 Å². The molecule has 1 saturated carbocycles. The minimum atomic E-state index is 0.0459. The molecule has 2 rings (SSSR count). The van der Waals surface area contributed by atoms with E-state index in [1.165, 1.54) is 19.3 Å². The zero-order valence-corrected chi connectivity index (χ0v) is 9.64. The summed E-state index contributed by atoms with van der Waals surface area (Å²) >= 11 is 0. The monoisotopic (exact) mass is 210 g/mol. The van der Waals surface area contributed by atoms with Crippen LogP contribution in [0.4, 0.5) is 0 Å². The van der Waals surface area contributed by atoms with Crippen LogP contribution in [0.3, 0.4) is 0 Å². The van der Waals surface area contributed by atoms with Crippen LogP contribution in [0, 0.1) is 5.92 Å². The summed E-state index contributed by atoms with van der Waals surface area (Å²) in [5.41, 5.74) is 0.0459. The summed E-state index contributed by atoms with van der Waals surface area (Å²) in [5, 5.41) is 6.64. The Hall–Kier alpha value is -0.570. The van der Waals surface area contributed by atoms with Crippen molar-refractivity contribution in [2.24, 2.45) is 5.92 Å². The third kappa shape index (κ3) is 2.94. The Morgan fingerprint density at radius 3 is 2.87 bits per heavy atom. The molecule has 2 fully saturated rings. The molecule has 0 aromatic carbocycles. The van der Waals surface area contributed by atoms with E-state index in [0.717, 1.165) is 32.4 Å². The Labute approximate surface area is 92.0 Å². The topological polar surface area (TPSA) is 41.1 Å². The second-order valence-electron chi connectivity index (χ2n) is 5.11. The Kier molecular flexibility index (Phi) is 3.29. The van der Waals surface area contributed by atoms with Crippen LogP contribution < -0.4 is 10.6 Å². The van der Waals surface area contributed by atoms with Gasteiger partial charge in [0.05, 0.1) is 5.54 Å². The van der Waals surface area contributed by atoms with Gasteiger partial charge in [0.15, 0.2) is 0 Å². The quantitative estimate of drug-likeness (QED) is 0.737. The largest absolute Gasteiger partial charge is 0.349 e. The van der Waals surface area contributed by atoms with Crippen LogP contribution in [0.1, 0.15) is 45.4 Å². The molecule has 3 heteroatoms. The number of amides is 1. The molecular weight excluding hydrogens is 188 g/mol. The third-order valence-electron chi connectivity index (χ3n) is 3.72. The lowest BCUT2D eigenvalue weighted by molar-refractivity contribution is -0.123. The van der Waals surface area contributed by atoms with Crippen molar-refractivity contribution in [3.05, 3.63) is 0 Å². The van der Waals surface area contributed by atoms with E-state index in [1.807, 2.05) is 0 Å². The van der Waals surface area contributed by atoms with Crippen molar-refractivity contribution in [1.29, 1.82) is 0 Å². The summed E-state index contributed by atoms with van der Waals surface area (Å²) in [6.45, 7) is 4.21. The first kappa shape index (κ1) is 10.9. The van der Waals surface area contributed by atoms with Gasteiger partial charge in [0.2, 0.25) is 5.91 Å². The van der Waals surface area contributed by atoms with E-state index in [4.69, 9.17) is 0 Å². The Balaban J connectivity index is 1.84. The average Bonchev–Trinajstić information content (AvgIpc) is 3.03. The molecule has 0 radical (unpaired) electrons. The molecular formula is C12H22N2O. The fourth-order valence-electron chi connectivity index (χ4n) is 2.40. The molecule has 0 bridgehead atoms. The maximum Gasteiger partial charge on any atom is 0.220 e. The molecule has 1 aliphatic carbocycles. The smallest absolute Gasteiger partial charge is 0.220 e. The van der Waals surface area contributed by atoms with Gasteiger partial charge in [-0.25, -0.2) is 0 Å².